The van der Waals surface area contributed by atoms with Crippen molar-refractivity contribution in [2.75, 3.05) is 0 Å². The minimum absolute atomic E-state index is 0.0139. The Morgan fingerprint density at radius 3 is 2.69 bits per heavy atom. The zero-order chi connectivity index (χ0) is 9.84. The molecular formula is C9H14N2O2. The van der Waals surface area contributed by atoms with Crippen LogP contribution < -0.4 is 0 Å². The molecule has 72 valence electrons. The van der Waals surface area contributed by atoms with Gasteiger partial charge in [-0.15, -0.1) is 0 Å². The quantitative estimate of drug-likeness (QED) is 0.758. The van der Waals surface area contributed by atoms with Crippen molar-refractivity contribution in [1.82, 2.24) is 9.78 Å². The Labute approximate surface area is 77.2 Å². The zero-order valence-electron chi connectivity index (χ0n) is 7.95. The van der Waals surface area contributed by atoms with E-state index in [4.69, 9.17) is 5.11 Å². The fourth-order valence-corrected chi connectivity index (χ4v) is 1.31. The van der Waals surface area contributed by atoms with Gasteiger partial charge in [0.05, 0.1) is 12.1 Å². The lowest BCUT2D eigenvalue weighted by Crippen LogP contribution is -2.04. The number of aromatic nitrogens is 2. The van der Waals surface area contributed by atoms with E-state index in [1.807, 2.05) is 24.6 Å². The van der Waals surface area contributed by atoms with Crippen LogP contribution in [0, 0.1) is 0 Å². The summed E-state index contributed by atoms with van der Waals surface area (Å²) in [5.41, 5.74) is 1.74. The van der Waals surface area contributed by atoms with Gasteiger partial charge in [-0.2, -0.15) is 5.10 Å². The van der Waals surface area contributed by atoms with Crippen molar-refractivity contribution in [2.45, 2.75) is 33.2 Å². The molecule has 0 aliphatic heterocycles. The first kappa shape index (κ1) is 9.77. The molecule has 1 rings (SSSR count). The highest BCUT2D eigenvalue weighted by Gasteiger charge is 2.07. The predicted octanol–water partition coefficient (Wildman–Crippen LogP) is 1.09. The van der Waals surface area contributed by atoms with E-state index in [-0.39, 0.29) is 6.42 Å². The van der Waals surface area contributed by atoms with Crippen molar-refractivity contribution < 1.29 is 9.90 Å². The molecule has 0 amide bonds. The average molecular weight is 182 g/mol. The number of rotatable bonds is 4. The molecule has 0 aromatic carbocycles. The smallest absolute Gasteiger partial charge is 0.309 e. The fraction of sp³-hybridized carbons (Fsp3) is 0.556. The topological polar surface area (TPSA) is 55.1 Å². The minimum atomic E-state index is -0.830. The second kappa shape index (κ2) is 4.07. The third kappa shape index (κ3) is 2.31. The van der Waals surface area contributed by atoms with Crippen LogP contribution in [0.4, 0.5) is 0 Å². The molecule has 4 nitrogen and oxygen atoms in total. The SMILES string of the molecule is CCc1cc(CC(=O)O)nn1CC. The molecule has 1 N–H and O–H groups in total. The number of nitrogens with zero attached hydrogens (tertiary/aromatic N) is 2. The van der Waals surface area contributed by atoms with Gasteiger partial charge in [-0.3, -0.25) is 9.48 Å². The Bertz CT molecular complexity index is 283. The molecule has 0 saturated heterocycles. The van der Waals surface area contributed by atoms with Crippen LogP contribution in [0.25, 0.3) is 0 Å². The van der Waals surface area contributed by atoms with E-state index >= 15 is 0 Å². The maximum atomic E-state index is 10.4. The van der Waals surface area contributed by atoms with E-state index < -0.39 is 5.97 Å². The molecular weight excluding hydrogens is 168 g/mol. The Hall–Kier alpha value is -1.32. The summed E-state index contributed by atoms with van der Waals surface area (Å²) in [7, 11) is 0. The number of carbonyl (C=O) groups is 1. The molecule has 0 saturated carbocycles. The maximum Gasteiger partial charge on any atom is 0.309 e. The fourth-order valence-electron chi connectivity index (χ4n) is 1.31. The van der Waals surface area contributed by atoms with Crippen LogP contribution in [0.15, 0.2) is 6.07 Å². The molecule has 0 fully saturated rings. The summed E-state index contributed by atoms with van der Waals surface area (Å²) in [6, 6.07) is 1.86. The summed E-state index contributed by atoms with van der Waals surface area (Å²) >= 11 is 0. The molecule has 0 aliphatic rings. The van der Waals surface area contributed by atoms with Gasteiger partial charge in [0.2, 0.25) is 0 Å². The van der Waals surface area contributed by atoms with Crippen LogP contribution >= 0.6 is 0 Å². The predicted molar refractivity (Wildman–Crippen MR) is 48.6 cm³/mol. The third-order valence-corrected chi connectivity index (χ3v) is 1.91. The average Bonchev–Trinajstić information content (AvgIpc) is 2.45. The van der Waals surface area contributed by atoms with E-state index in [1.165, 1.54) is 0 Å². The molecule has 0 atom stereocenters. The number of carboxylic acids is 1. The summed E-state index contributed by atoms with van der Waals surface area (Å²) in [4.78, 5) is 10.4. The van der Waals surface area contributed by atoms with Crippen molar-refractivity contribution >= 4 is 5.97 Å². The molecule has 0 radical (unpaired) electrons. The summed E-state index contributed by atoms with van der Waals surface area (Å²) in [6.07, 6.45) is 0.903. The second-order valence-corrected chi connectivity index (χ2v) is 2.87. The van der Waals surface area contributed by atoms with Gasteiger partial charge in [0, 0.05) is 12.2 Å². The number of hydrogen-bond acceptors (Lipinski definition) is 2. The molecule has 13 heavy (non-hydrogen) atoms. The van der Waals surface area contributed by atoms with Gasteiger partial charge in [-0.25, -0.2) is 0 Å². The number of carboxylic acid groups (broad SMARTS) is 1. The van der Waals surface area contributed by atoms with Gasteiger partial charge in [0.25, 0.3) is 0 Å². The number of aliphatic carboxylic acids is 1. The van der Waals surface area contributed by atoms with Crippen LogP contribution in [-0.4, -0.2) is 20.9 Å². The van der Waals surface area contributed by atoms with E-state index in [2.05, 4.69) is 5.10 Å². The molecule has 0 aliphatic carbocycles. The van der Waals surface area contributed by atoms with E-state index in [0.717, 1.165) is 18.7 Å². The van der Waals surface area contributed by atoms with Gasteiger partial charge in [-0.1, -0.05) is 6.92 Å². The molecule has 1 aromatic rings. The van der Waals surface area contributed by atoms with Gasteiger partial charge < -0.3 is 5.11 Å². The molecule has 1 aromatic heterocycles. The maximum absolute atomic E-state index is 10.4. The standard InChI is InChI=1S/C9H14N2O2/c1-3-8-5-7(6-9(12)13)10-11(8)4-2/h5H,3-4,6H2,1-2H3,(H,12,13). The first-order valence-electron chi connectivity index (χ1n) is 4.44. The van der Waals surface area contributed by atoms with E-state index in [9.17, 15) is 4.79 Å². The summed E-state index contributed by atoms with van der Waals surface area (Å²) in [5, 5.41) is 12.7. The van der Waals surface area contributed by atoms with Crippen molar-refractivity contribution in [2.24, 2.45) is 0 Å². The van der Waals surface area contributed by atoms with Gasteiger partial charge >= 0.3 is 5.97 Å². The molecule has 0 bridgehead atoms. The second-order valence-electron chi connectivity index (χ2n) is 2.87. The zero-order valence-corrected chi connectivity index (χ0v) is 7.95. The van der Waals surface area contributed by atoms with Gasteiger partial charge in [0.15, 0.2) is 0 Å². The van der Waals surface area contributed by atoms with E-state index in [1.54, 1.807) is 0 Å². The molecule has 0 spiro atoms. The van der Waals surface area contributed by atoms with Crippen LogP contribution in [-0.2, 0) is 24.2 Å². The number of hydrogen-bond donors (Lipinski definition) is 1. The van der Waals surface area contributed by atoms with Crippen LogP contribution in [0.1, 0.15) is 25.2 Å². The normalized spacial score (nSPS) is 10.3. The van der Waals surface area contributed by atoms with Gasteiger partial charge in [0.1, 0.15) is 0 Å². The van der Waals surface area contributed by atoms with Gasteiger partial charge in [-0.05, 0) is 19.4 Å². The van der Waals surface area contributed by atoms with Crippen molar-refractivity contribution in [3.05, 3.63) is 17.5 Å². The summed E-state index contributed by atoms with van der Waals surface area (Å²) in [6.45, 7) is 4.83. The number of aryl methyl sites for hydroxylation is 2. The van der Waals surface area contributed by atoms with Crippen molar-refractivity contribution in [1.29, 1.82) is 0 Å². The van der Waals surface area contributed by atoms with Crippen LogP contribution in [0.2, 0.25) is 0 Å². The Kier molecular flexibility index (Phi) is 3.06. The first-order valence-corrected chi connectivity index (χ1v) is 4.44. The lowest BCUT2D eigenvalue weighted by molar-refractivity contribution is -0.136. The molecule has 4 heteroatoms. The summed E-state index contributed by atoms with van der Waals surface area (Å²) < 4.78 is 1.85. The summed E-state index contributed by atoms with van der Waals surface area (Å²) in [5.74, 6) is -0.830. The third-order valence-electron chi connectivity index (χ3n) is 1.91. The lowest BCUT2D eigenvalue weighted by atomic mass is 10.2. The van der Waals surface area contributed by atoms with Crippen molar-refractivity contribution in [3.63, 3.8) is 0 Å². The van der Waals surface area contributed by atoms with Crippen LogP contribution in [0.5, 0.6) is 0 Å². The minimum Gasteiger partial charge on any atom is -0.481 e. The molecule has 0 unspecified atom stereocenters. The first-order chi connectivity index (χ1) is 6.17. The largest absolute Gasteiger partial charge is 0.481 e. The highest BCUT2D eigenvalue weighted by atomic mass is 16.4. The monoisotopic (exact) mass is 182 g/mol. The highest BCUT2D eigenvalue weighted by Crippen LogP contribution is 2.06. The Morgan fingerprint density at radius 1 is 1.62 bits per heavy atom. The van der Waals surface area contributed by atoms with Crippen LogP contribution in [0.3, 0.4) is 0 Å². The highest BCUT2D eigenvalue weighted by molar-refractivity contribution is 5.69. The lowest BCUT2D eigenvalue weighted by Gasteiger charge is -1.99. The molecule has 1 heterocycles. The Balaban J connectivity index is 2.86. The van der Waals surface area contributed by atoms with E-state index in [0.29, 0.717) is 5.69 Å². The Morgan fingerprint density at radius 2 is 2.31 bits per heavy atom. The van der Waals surface area contributed by atoms with Crippen molar-refractivity contribution in [3.8, 4) is 0 Å².